The quantitative estimate of drug-likeness (QED) is 0.771. The van der Waals surface area contributed by atoms with Gasteiger partial charge in [-0.15, -0.1) is 11.3 Å². The van der Waals surface area contributed by atoms with Crippen molar-refractivity contribution >= 4 is 27.1 Å². The van der Waals surface area contributed by atoms with E-state index in [4.69, 9.17) is 4.98 Å². The Morgan fingerprint density at radius 1 is 1.15 bits per heavy atom. The lowest BCUT2D eigenvalue weighted by molar-refractivity contribution is 0.286. The molecule has 3 heterocycles. The Balaban J connectivity index is 1.36. The summed E-state index contributed by atoms with van der Waals surface area (Å²) in [7, 11) is 0. The Morgan fingerprint density at radius 3 is 2.85 bits per heavy atom. The van der Waals surface area contributed by atoms with E-state index in [1.54, 1.807) is 11.3 Å². The van der Waals surface area contributed by atoms with Gasteiger partial charge in [0.05, 0.1) is 11.9 Å². The predicted molar refractivity (Wildman–Crippen MR) is 107 cm³/mol. The van der Waals surface area contributed by atoms with Crippen molar-refractivity contribution in [2.75, 3.05) is 13.1 Å². The average Bonchev–Trinajstić information content (AvgIpc) is 3.24. The lowest BCUT2D eigenvalue weighted by Crippen LogP contribution is -2.29. The maximum Gasteiger partial charge on any atom is 0.259 e. The number of thiophene rings is 1. The molecule has 0 saturated carbocycles. The third-order valence-electron chi connectivity index (χ3n) is 5.44. The molecule has 0 unspecified atom stereocenters. The number of fused-ring (bicyclic) bond motifs is 3. The summed E-state index contributed by atoms with van der Waals surface area (Å²) < 4.78 is 0. The lowest BCUT2D eigenvalue weighted by Gasteiger charge is -2.25. The standard InChI is InChI=1S/C21H21N3OS/c25-20-19-16-7-4-8-17(16)26-21(19)23-18(22-20)13-24-11-9-15(10-12-24)14-5-2-1-3-6-14/h1-3,5-6,9H,4,7-8,10-13H2,(H,22,23,25). The molecular weight excluding hydrogens is 342 g/mol. The molecule has 2 aliphatic rings. The molecule has 0 saturated heterocycles. The highest BCUT2D eigenvalue weighted by atomic mass is 32.1. The monoisotopic (exact) mass is 363 g/mol. The molecule has 5 heteroatoms. The minimum Gasteiger partial charge on any atom is -0.309 e. The molecule has 132 valence electrons. The van der Waals surface area contributed by atoms with Crippen LogP contribution in [0.5, 0.6) is 0 Å². The first kappa shape index (κ1) is 16.0. The lowest BCUT2D eigenvalue weighted by atomic mass is 10.00. The summed E-state index contributed by atoms with van der Waals surface area (Å²) in [6.45, 7) is 2.59. The smallest absolute Gasteiger partial charge is 0.259 e. The van der Waals surface area contributed by atoms with Crippen LogP contribution in [0.15, 0.2) is 41.2 Å². The third kappa shape index (κ3) is 2.81. The van der Waals surface area contributed by atoms with Crippen LogP contribution in [0.2, 0.25) is 0 Å². The SMILES string of the molecule is O=c1[nH]c(CN2CC=C(c3ccccc3)CC2)nc2sc3c(c12)CCC3. The number of rotatable bonds is 3. The zero-order chi connectivity index (χ0) is 17.5. The number of benzene rings is 1. The number of hydrogen-bond donors (Lipinski definition) is 1. The zero-order valence-electron chi connectivity index (χ0n) is 14.6. The van der Waals surface area contributed by atoms with E-state index in [1.807, 2.05) is 0 Å². The van der Waals surface area contributed by atoms with Gasteiger partial charge in [-0.1, -0.05) is 36.4 Å². The molecular formula is C21H21N3OS. The van der Waals surface area contributed by atoms with Crippen molar-refractivity contribution in [3.63, 3.8) is 0 Å². The molecule has 0 amide bonds. The van der Waals surface area contributed by atoms with E-state index in [9.17, 15) is 4.79 Å². The van der Waals surface area contributed by atoms with Gasteiger partial charge in [0.2, 0.25) is 0 Å². The van der Waals surface area contributed by atoms with Gasteiger partial charge < -0.3 is 4.98 Å². The molecule has 4 nitrogen and oxygen atoms in total. The number of H-pyrrole nitrogens is 1. The van der Waals surface area contributed by atoms with Crippen LogP contribution < -0.4 is 5.56 Å². The fraction of sp³-hybridized carbons (Fsp3) is 0.333. The Morgan fingerprint density at radius 2 is 2.04 bits per heavy atom. The number of nitrogens with zero attached hydrogens (tertiary/aromatic N) is 2. The van der Waals surface area contributed by atoms with Gasteiger partial charge in [0, 0.05) is 18.0 Å². The second-order valence-corrected chi connectivity index (χ2v) is 8.21. The van der Waals surface area contributed by atoms with Crippen molar-refractivity contribution in [1.29, 1.82) is 0 Å². The summed E-state index contributed by atoms with van der Waals surface area (Å²) in [6.07, 6.45) is 6.63. The summed E-state index contributed by atoms with van der Waals surface area (Å²) in [5, 5.41) is 0.844. The normalized spacial score (nSPS) is 17.5. The molecule has 2 aromatic heterocycles. The Labute approximate surface area is 156 Å². The number of aromatic amines is 1. The molecule has 1 aromatic carbocycles. The van der Waals surface area contributed by atoms with Crippen LogP contribution in [0.25, 0.3) is 15.8 Å². The summed E-state index contributed by atoms with van der Waals surface area (Å²) in [5.74, 6) is 0.791. The Bertz CT molecular complexity index is 1050. The molecule has 3 aromatic rings. The van der Waals surface area contributed by atoms with Crippen molar-refractivity contribution < 1.29 is 0 Å². The van der Waals surface area contributed by atoms with Gasteiger partial charge in [0.1, 0.15) is 10.7 Å². The first-order valence-electron chi connectivity index (χ1n) is 9.28. The third-order valence-corrected chi connectivity index (χ3v) is 6.62. The highest BCUT2D eigenvalue weighted by Gasteiger charge is 2.22. The minimum atomic E-state index is 0.0435. The van der Waals surface area contributed by atoms with Crippen LogP contribution in [-0.4, -0.2) is 28.0 Å². The first-order chi connectivity index (χ1) is 12.8. The average molecular weight is 363 g/mol. The molecule has 5 rings (SSSR count). The number of hydrogen-bond acceptors (Lipinski definition) is 4. The maximum atomic E-state index is 12.6. The van der Waals surface area contributed by atoms with E-state index >= 15 is 0 Å². The number of nitrogens with one attached hydrogen (secondary N) is 1. The van der Waals surface area contributed by atoms with Crippen LogP contribution in [-0.2, 0) is 19.4 Å². The summed E-state index contributed by atoms with van der Waals surface area (Å²) in [5.41, 5.74) is 4.02. The topological polar surface area (TPSA) is 49.0 Å². The molecule has 1 aliphatic heterocycles. The first-order valence-corrected chi connectivity index (χ1v) is 10.1. The summed E-state index contributed by atoms with van der Waals surface area (Å²) >= 11 is 1.71. The molecule has 1 N–H and O–H groups in total. The van der Waals surface area contributed by atoms with E-state index in [1.165, 1.54) is 28.0 Å². The van der Waals surface area contributed by atoms with Gasteiger partial charge in [0.25, 0.3) is 5.56 Å². The van der Waals surface area contributed by atoms with Crippen LogP contribution in [0.1, 0.15) is 34.7 Å². The van der Waals surface area contributed by atoms with Crippen molar-refractivity contribution in [1.82, 2.24) is 14.9 Å². The molecule has 0 fully saturated rings. The van der Waals surface area contributed by atoms with E-state index < -0.39 is 0 Å². The maximum absolute atomic E-state index is 12.6. The van der Waals surface area contributed by atoms with Crippen molar-refractivity contribution in [2.45, 2.75) is 32.2 Å². The van der Waals surface area contributed by atoms with E-state index in [-0.39, 0.29) is 5.56 Å². The van der Waals surface area contributed by atoms with Crippen LogP contribution in [0.4, 0.5) is 0 Å². The van der Waals surface area contributed by atoms with Gasteiger partial charge in [-0.25, -0.2) is 4.98 Å². The van der Waals surface area contributed by atoms with Gasteiger partial charge in [0.15, 0.2) is 0 Å². The largest absolute Gasteiger partial charge is 0.309 e. The van der Waals surface area contributed by atoms with Crippen LogP contribution in [0, 0.1) is 0 Å². The Hall–Kier alpha value is -2.24. The van der Waals surface area contributed by atoms with Crippen molar-refractivity contribution in [3.05, 3.63) is 68.6 Å². The zero-order valence-corrected chi connectivity index (χ0v) is 15.4. The number of aromatic nitrogens is 2. The number of aryl methyl sites for hydroxylation is 2. The van der Waals surface area contributed by atoms with Gasteiger partial charge in [-0.2, -0.15) is 0 Å². The second kappa shape index (κ2) is 6.49. The molecule has 1 aliphatic carbocycles. The Kier molecular flexibility index (Phi) is 3.98. The predicted octanol–water partition coefficient (Wildman–Crippen LogP) is 3.76. The molecule has 0 bridgehead atoms. The molecule has 0 radical (unpaired) electrons. The highest BCUT2D eigenvalue weighted by Crippen LogP contribution is 2.34. The van der Waals surface area contributed by atoms with E-state index in [2.05, 4.69) is 46.3 Å². The minimum absolute atomic E-state index is 0.0435. The summed E-state index contributed by atoms with van der Waals surface area (Å²) in [4.78, 5) is 25.0. The van der Waals surface area contributed by atoms with Gasteiger partial charge >= 0.3 is 0 Å². The highest BCUT2D eigenvalue weighted by molar-refractivity contribution is 7.18. The fourth-order valence-corrected chi connectivity index (χ4v) is 5.38. The van der Waals surface area contributed by atoms with Crippen LogP contribution in [0.3, 0.4) is 0 Å². The molecule has 0 atom stereocenters. The molecule has 0 spiro atoms. The van der Waals surface area contributed by atoms with Crippen molar-refractivity contribution in [2.24, 2.45) is 0 Å². The molecule has 26 heavy (non-hydrogen) atoms. The van der Waals surface area contributed by atoms with Crippen molar-refractivity contribution in [3.8, 4) is 0 Å². The van der Waals surface area contributed by atoms with Gasteiger partial charge in [-0.3, -0.25) is 9.69 Å². The van der Waals surface area contributed by atoms with E-state index in [0.29, 0.717) is 6.54 Å². The van der Waals surface area contributed by atoms with E-state index in [0.717, 1.165) is 48.4 Å². The fourth-order valence-electron chi connectivity index (χ4n) is 4.10. The second-order valence-electron chi connectivity index (χ2n) is 7.13. The summed E-state index contributed by atoms with van der Waals surface area (Å²) in [6, 6.07) is 10.6. The van der Waals surface area contributed by atoms with Gasteiger partial charge in [-0.05, 0) is 42.4 Å². The van der Waals surface area contributed by atoms with Crippen LogP contribution >= 0.6 is 11.3 Å².